The van der Waals surface area contributed by atoms with Crippen molar-refractivity contribution in [2.45, 2.75) is 220 Å². The Morgan fingerprint density at radius 2 is 0.558 bits per heavy atom. The maximum atomic E-state index is 5.25. The lowest BCUT2D eigenvalue weighted by atomic mass is 10.2. The van der Waals surface area contributed by atoms with Crippen molar-refractivity contribution < 1.29 is 14.2 Å². The first-order valence-electron chi connectivity index (χ1n) is 36.9. The standard InChI is InChI=1S/C10H12O.C9H10O.C9H10.C8H8.C6H12.C5H10.C4H8O.11C4H8.C3H6.C2H4.CH4/c1-2-8-11-9-10-6-4-3-5-7-10;1-2-8-10-9-6-4-3-5-7-9;1-2-6-9-7-4-3-5-8-9;1-2-8-6-4-3-5-7-8;1-3-5-6-4-2;1-3-5-4-2;1-3-4-5-2;11*1-3-4-2;1-3-2;1-2;/h2-7H,1,8-9H2;2-7H,1,8H2;2-5,7-8H,1,6H2;2-7H,1H2;3H,1,4-6H2,2H3;3H,1,4-5H2,2H3;3H,1,4H2,2H3;11*3H,1,4H2,2H3;3H,1H2,2H3;1-2H2;1H4. The SMILES string of the molecule is C.C=C.C=CC.C=CCC.C=CCC.C=CCC.C=CCC.C=CCC.C=CCC.C=CCC.C=CCC.C=CCC.C=CCC.C=CCC.C=CCCC.C=CCCCC.C=CCOC.C=CCOCc1ccccc1.C=CCOc1ccccc1.C=CCc1ccccc1.C=Cc1ccccc1. The van der Waals surface area contributed by atoms with Crippen molar-refractivity contribution in [1.82, 2.24) is 0 Å². The molecule has 0 radical (unpaired) electrons. The second kappa shape index (κ2) is 187. The number of hydrogen-bond acceptors (Lipinski definition) is 3. The van der Waals surface area contributed by atoms with Gasteiger partial charge in [-0.2, -0.15) is 0 Å². The molecule has 0 saturated carbocycles. The maximum absolute atomic E-state index is 5.25. The van der Waals surface area contributed by atoms with Gasteiger partial charge in [0, 0.05) is 7.11 Å². The highest BCUT2D eigenvalue weighted by Gasteiger charge is 1.88. The highest BCUT2D eigenvalue weighted by Crippen LogP contribution is 2.07. The van der Waals surface area contributed by atoms with E-state index in [1.54, 1.807) is 31.4 Å². The third kappa shape index (κ3) is 260. The van der Waals surface area contributed by atoms with E-state index >= 15 is 0 Å². The Hall–Kier alpha value is -8.60. The molecule has 104 heavy (non-hydrogen) atoms. The van der Waals surface area contributed by atoms with Gasteiger partial charge in [0.15, 0.2) is 0 Å². The van der Waals surface area contributed by atoms with Crippen molar-refractivity contribution in [3.63, 3.8) is 0 Å². The van der Waals surface area contributed by atoms with Gasteiger partial charge in [-0.05, 0) is 126 Å². The number of rotatable bonds is 28. The molecule has 0 amide bonds. The quantitative estimate of drug-likeness (QED) is 0.0419. The molecule has 3 nitrogen and oxygen atoms in total. The molecular weight excluding hydrogens is 1260 g/mol. The summed E-state index contributed by atoms with van der Waals surface area (Å²) >= 11 is 0. The summed E-state index contributed by atoms with van der Waals surface area (Å²) in [5.74, 6) is 0.891. The minimum atomic E-state index is 0. The predicted octanol–water partition coefficient (Wildman–Crippen LogP) is 34.6. The average Bonchev–Trinajstić information content (AvgIpc) is 1.37. The van der Waals surface area contributed by atoms with Crippen LogP contribution in [0.5, 0.6) is 5.75 Å². The molecule has 0 heterocycles. The Morgan fingerprint density at radius 1 is 0.298 bits per heavy atom. The number of benzene rings is 4. The van der Waals surface area contributed by atoms with Crippen LogP contribution in [0.2, 0.25) is 0 Å². The van der Waals surface area contributed by atoms with Crippen LogP contribution in [0.4, 0.5) is 0 Å². The first kappa shape index (κ1) is 138. The monoisotopic (exact) mass is 1430 g/mol. The molecule has 0 unspecified atom stereocenters. The number of para-hydroxylation sites is 1. The van der Waals surface area contributed by atoms with E-state index in [1.807, 2.05) is 207 Å². The van der Waals surface area contributed by atoms with Crippen molar-refractivity contribution in [2.24, 2.45) is 0 Å². The second-order valence-corrected chi connectivity index (χ2v) is 19.1. The molecule has 0 aromatic heterocycles. The zero-order valence-electron chi connectivity index (χ0n) is 70.4. The van der Waals surface area contributed by atoms with Crippen LogP contribution in [0.15, 0.2) is 369 Å². The minimum absolute atomic E-state index is 0. The molecule has 0 aliphatic rings. The normalized spacial score (nSPS) is 7.26. The maximum Gasteiger partial charge on any atom is 0.119 e. The second-order valence-electron chi connectivity index (χ2n) is 19.1. The Morgan fingerprint density at radius 3 is 0.731 bits per heavy atom. The number of hydrogen-bond donors (Lipinski definition) is 0. The molecule has 0 atom stereocenters. The number of allylic oxidation sites excluding steroid dienone is 15. The van der Waals surface area contributed by atoms with Gasteiger partial charge in [0.05, 0.1) is 19.8 Å². The van der Waals surface area contributed by atoms with E-state index in [0.717, 1.165) is 89.2 Å². The molecule has 4 aromatic carbocycles. The average molecular weight is 1430 g/mol. The molecule has 4 rings (SSSR count). The summed E-state index contributed by atoms with van der Waals surface area (Å²) in [4.78, 5) is 0. The Kier molecular flexibility index (Phi) is 248. The van der Waals surface area contributed by atoms with Gasteiger partial charge >= 0.3 is 0 Å². The van der Waals surface area contributed by atoms with Gasteiger partial charge in [0.2, 0.25) is 0 Å². The summed E-state index contributed by atoms with van der Waals surface area (Å²) in [6.45, 7) is 104. The van der Waals surface area contributed by atoms with E-state index < -0.39 is 0 Å². The van der Waals surface area contributed by atoms with E-state index in [4.69, 9.17) is 9.47 Å². The molecule has 0 N–H and O–H groups in total. The van der Waals surface area contributed by atoms with Gasteiger partial charge in [-0.25, -0.2) is 0 Å². The lowest BCUT2D eigenvalue weighted by Crippen LogP contribution is -1.91. The number of ether oxygens (including phenoxy) is 3. The summed E-state index contributed by atoms with van der Waals surface area (Å²) in [7, 11) is 1.64. The van der Waals surface area contributed by atoms with Crippen LogP contribution in [0.3, 0.4) is 0 Å². The molecule has 0 saturated heterocycles. The van der Waals surface area contributed by atoms with Gasteiger partial charge in [-0.3, -0.25) is 0 Å². The molecule has 3 heteroatoms. The van der Waals surface area contributed by atoms with Gasteiger partial charge < -0.3 is 14.2 Å². The van der Waals surface area contributed by atoms with E-state index in [1.165, 1.54) is 42.4 Å². The third-order valence-electron chi connectivity index (χ3n) is 9.43. The largest absolute Gasteiger partial charge is 0.490 e. The Labute approximate surface area is 654 Å². The van der Waals surface area contributed by atoms with E-state index in [2.05, 4.69) is 245 Å². The van der Waals surface area contributed by atoms with Crippen molar-refractivity contribution >= 4 is 6.08 Å². The molecule has 0 bridgehead atoms. The smallest absolute Gasteiger partial charge is 0.119 e. The van der Waals surface area contributed by atoms with Crippen molar-refractivity contribution in [3.05, 3.63) is 386 Å². The Balaban J connectivity index is -0.0000000519. The Bertz CT molecular complexity index is 2000. The topological polar surface area (TPSA) is 27.7 Å². The molecular formula is C101H172O3. The fraction of sp³-hybridized carbons (Fsp3) is 0.366. The van der Waals surface area contributed by atoms with Crippen LogP contribution >= 0.6 is 0 Å². The van der Waals surface area contributed by atoms with Gasteiger partial charge in [0.25, 0.3) is 0 Å². The summed E-state index contributed by atoms with van der Waals surface area (Å²) in [6, 6.07) is 40.1. The first-order chi connectivity index (χ1) is 49.9. The molecule has 0 fully saturated rings. The van der Waals surface area contributed by atoms with Crippen LogP contribution in [-0.2, 0) is 22.5 Å². The van der Waals surface area contributed by atoms with E-state index in [9.17, 15) is 0 Å². The van der Waals surface area contributed by atoms with Crippen molar-refractivity contribution in [2.75, 3.05) is 26.9 Å². The minimum Gasteiger partial charge on any atom is -0.490 e. The van der Waals surface area contributed by atoms with Crippen LogP contribution in [0, 0.1) is 0 Å². The predicted molar refractivity (Wildman–Crippen MR) is 501 cm³/mol. The van der Waals surface area contributed by atoms with E-state index in [0.29, 0.717) is 26.4 Å². The van der Waals surface area contributed by atoms with Gasteiger partial charge in [0.1, 0.15) is 12.4 Å². The fourth-order valence-corrected chi connectivity index (χ4v) is 3.55. The number of methoxy groups -OCH3 is 1. The van der Waals surface area contributed by atoms with Crippen molar-refractivity contribution in [1.29, 1.82) is 0 Å². The van der Waals surface area contributed by atoms with Crippen LogP contribution in [-0.4, -0.2) is 26.9 Å². The summed E-state index contributed by atoms with van der Waals surface area (Å²) in [6.07, 6.45) is 54.2. The van der Waals surface area contributed by atoms with Crippen LogP contribution in [0.1, 0.15) is 224 Å². The molecule has 0 aliphatic carbocycles. The summed E-state index contributed by atoms with van der Waals surface area (Å²) in [5.41, 5.74) is 3.70. The number of unbranched alkanes of at least 4 members (excludes halogenated alkanes) is 3. The van der Waals surface area contributed by atoms with Crippen molar-refractivity contribution in [3.8, 4) is 5.75 Å². The highest BCUT2D eigenvalue weighted by molar-refractivity contribution is 5.45. The molecule has 0 aliphatic heterocycles. The lowest BCUT2D eigenvalue weighted by Gasteiger charge is -1.99. The van der Waals surface area contributed by atoms with Crippen LogP contribution < -0.4 is 4.74 Å². The molecule has 594 valence electrons. The first-order valence-corrected chi connectivity index (χ1v) is 36.9. The fourth-order valence-electron chi connectivity index (χ4n) is 3.55. The van der Waals surface area contributed by atoms with E-state index in [-0.39, 0.29) is 7.43 Å². The molecule has 4 aromatic rings. The lowest BCUT2D eigenvalue weighted by molar-refractivity contribution is 0.149. The zero-order valence-corrected chi connectivity index (χ0v) is 70.4. The van der Waals surface area contributed by atoms with Gasteiger partial charge in [-0.15, -0.1) is 125 Å². The highest BCUT2D eigenvalue weighted by atomic mass is 16.5. The summed E-state index contributed by atoms with van der Waals surface area (Å²) in [5, 5.41) is 0. The summed E-state index contributed by atoms with van der Waals surface area (Å²) < 4.78 is 15.1. The third-order valence-corrected chi connectivity index (χ3v) is 9.43. The molecule has 0 spiro atoms. The van der Waals surface area contributed by atoms with Crippen LogP contribution in [0.25, 0.3) is 6.08 Å². The zero-order chi connectivity index (χ0) is 82.9. The van der Waals surface area contributed by atoms with Gasteiger partial charge in [-0.1, -0.05) is 354 Å².